The Kier molecular flexibility index (Phi) is 4.25. The summed E-state index contributed by atoms with van der Waals surface area (Å²) in [6.07, 6.45) is 8.49. The first-order valence-electron chi connectivity index (χ1n) is 7.59. The third kappa shape index (κ3) is 2.69. The largest absolute Gasteiger partial charge is 0.367 e. The van der Waals surface area contributed by atoms with Crippen molar-refractivity contribution >= 4 is 32.5 Å². The Balaban J connectivity index is 1.92. The maximum atomic E-state index is 4.58. The molecule has 0 radical (unpaired) electrons. The Morgan fingerprint density at radius 1 is 1.20 bits per heavy atom. The first kappa shape index (κ1) is 13.9. The van der Waals surface area contributed by atoms with E-state index in [2.05, 4.69) is 57.4 Å². The van der Waals surface area contributed by atoms with Gasteiger partial charge in [0.2, 0.25) is 0 Å². The third-order valence-corrected chi connectivity index (χ3v) is 5.20. The summed E-state index contributed by atoms with van der Waals surface area (Å²) in [6.45, 7) is 2.30. The molecule has 20 heavy (non-hydrogen) atoms. The van der Waals surface area contributed by atoms with E-state index >= 15 is 0 Å². The molecule has 3 heteroatoms. The lowest BCUT2D eigenvalue weighted by Crippen LogP contribution is -2.32. The first-order valence-corrected chi connectivity index (χ1v) is 8.38. The summed E-state index contributed by atoms with van der Waals surface area (Å²) in [6, 6.07) is 8.96. The van der Waals surface area contributed by atoms with Crippen LogP contribution in [0.3, 0.4) is 0 Å². The highest BCUT2D eigenvalue weighted by Gasteiger charge is 2.24. The number of nitrogens with zero attached hydrogens (tertiary/aromatic N) is 1. The first-order chi connectivity index (χ1) is 9.79. The summed E-state index contributed by atoms with van der Waals surface area (Å²) in [4.78, 5) is 4.58. The van der Waals surface area contributed by atoms with Gasteiger partial charge in [-0.15, -0.1) is 0 Å². The molecule has 0 bridgehead atoms. The summed E-state index contributed by atoms with van der Waals surface area (Å²) in [5.74, 6) is 1.82. The molecule has 106 valence electrons. The summed E-state index contributed by atoms with van der Waals surface area (Å²) >= 11 is 3.63. The lowest BCUT2D eigenvalue weighted by atomic mass is 9.83. The molecule has 0 spiro atoms. The van der Waals surface area contributed by atoms with Gasteiger partial charge in [-0.3, -0.25) is 0 Å². The molecule has 1 aromatic heterocycles. The van der Waals surface area contributed by atoms with Crippen LogP contribution in [0.5, 0.6) is 0 Å². The van der Waals surface area contributed by atoms with Gasteiger partial charge >= 0.3 is 0 Å². The van der Waals surface area contributed by atoms with Crippen molar-refractivity contribution < 1.29 is 0 Å². The quantitative estimate of drug-likeness (QED) is 0.816. The van der Waals surface area contributed by atoms with Gasteiger partial charge in [0, 0.05) is 27.5 Å². The second-order valence-electron chi connectivity index (χ2n) is 5.70. The summed E-state index contributed by atoms with van der Waals surface area (Å²) in [7, 11) is 0. The van der Waals surface area contributed by atoms with Gasteiger partial charge in [-0.1, -0.05) is 54.2 Å². The monoisotopic (exact) mass is 332 g/mol. The van der Waals surface area contributed by atoms with Gasteiger partial charge in [0.15, 0.2) is 0 Å². The van der Waals surface area contributed by atoms with Crippen molar-refractivity contribution in [2.24, 2.45) is 5.92 Å². The second kappa shape index (κ2) is 6.13. The zero-order valence-corrected chi connectivity index (χ0v) is 13.5. The number of benzene rings is 1. The summed E-state index contributed by atoms with van der Waals surface area (Å²) in [5, 5.41) is 6.16. The lowest BCUT2D eigenvalue weighted by Gasteiger charge is -2.32. The van der Waals surface area contributed by atoms with Crippen molar-refractivity contribution in [1.82, 2.24) is 4.98 Å². The summed E-state index contributed by atoms with van der Waals surface area (Å²) < 4.78 is 1.14. The van der Waals surface area contributed by atoms with Crippen LogP contribution in [0.4, 0.5) is 5.82 Å². The Morgan fingerprint density at radius 2 is 2.05 bits per heavy atom. The van der Waals surface area contributed by atoms with Crippen LogP contribution in [0.15, 0.2) is 34.9 Å². The highest BCUT2D eigenvalue weighted by atomic mass is 79.9. The average molecular weight is 333 g/mol. The lowest BCUT2D eigenvalue weighted by molar-refractivity contribution is 0.317. The number of halogens is 1. The van der Waals surface area contributed by atoms with Crippen molar-refractivity contribution in [1.29, 1.82) is 0 Å². The standard InChI is InChI=1S/C17H21BrN2/c1-2-12-6-3-4-9-16(12)20-17-14-7-5-8-15(18)13(14)10-11-19-17/h5,7-8,10-12,16H,2-4,6,9H2,1H3,(H,19,20). The summed E-state index contributed by atoms with van der Waals surface area (Å²) in [5.41, 5.74) is 0. The Morgan fingerprint density at radius 3 is 2.90 bits per heavy atom. The van der Waals surface area contributed by atoms with Crippen LogP contribution in [0, 0.1) is 5.92 Å². The Labute approximate surface area is 129 Å². The fraction of sp³-hybridized carbons (Fsp3) is 0.471. The van der Waals surface area contributed by atoms with E-state index in [0.29, 0.717) is 6.04 Å². The van der Waals surface area contributed by atoms with Crippen LogP contribution in [0.25, 0.3) is 10.8 Å². The molecule has 2 nitrogen and oxygen atoms in total. The van der Waals surface area contributed by atoms with Gasteiger partial charge in [0.25, 0.3) is 0 Å². The topological polar surface area (TPSA) is 24.9 Å². The number of fused-ring (bicyclic) bond motifs is 1. The van der Waals surface area contributed by atoms with E-state index in [1.807, 2.05) is 6.20 Å². The van der Waals surface area contributed by atoms with Gasteiger partial charge in [-0.05, 0) is 30.9 Å². The van der Waals surface area contributed by atoms with Crippen LogP contribution in [0.1, 0.15) is 39.0 Å². The van der Waals surface area contributed by atoms with Crippen LogP contribution in [0.2, 0.25) is 0 Å². The minimum atomic E-state index is 0.575. The molecule has 0 amide bonds. The maximum absolute atomic E-state index is 4.58. The van der Waals surface area contributed by atoms with E-state index in [4.69, 9.17) is 0 Å². The molecule has 1 N–H and O–H groups in total. The molecular formula is C17H21BrN2. The zero-order valence-electron chi connectivity index (χ0n) is 11.9. The predicted molar refractivity (Wildman–Crippen MR) is 89.1 cm³/mol. The molecular weight excluding hydrogens is 312 g/mol. The number of aromatic nitrogens is 1. The molecule has 1 aliphatic carbocycles. The fourth-order valence-corrected chi connectivity index (χ4v) is 3.84. The highest BCUT2D eigenvalue weighted by Crippen LogP contribution is 2.32. The number of hydrogen-bond donors (Lipinski definition) is 1. The number of hydrogen-bond acceptors (Lipinski definition) is 2. The molecule has 0 saturated heterocycles. The normalized spacial score (nSPS) is 22.9. The van der Waals surface area contributed by atoms with Gasteiger partial charge < -0.3 is 5.32 Å². The van der Waals surface area contributed by atoms with E-state index in [1.54, 1.807) is 0 Å². The molecule has 2 atom stereocenters. The molecule has 0 aliphatic heterocycles. The Hall–Kier alpha value is -1.09. The number of rotatable bonds is 3. The zero-order chi connectivity index (χ0) is 13.9. The van der Waals surface area contributed by atoms with E-state index in [1.165, 1.54) is 42.9 Å². The van der Waals surface area contributed by atoms with E-state index in [-0.39, 0.29) is 0 Å². The SMILES string of the molecule is CCC1CCCCC1Nc1nccc2c(Br)cccc12. The molecule has 3 rings (SSSR count). The van der Waals surface area contributed by atoms with E-state index in [0.717, 1.165) is 16.2 Å². The molecule has 1 aromatic carbocycles. The molecule has 2 unspecified atom stereocenters. The molecule has 1 fully saturated rings. The van der Waals surface area contributed by atoms with Crippen LogP contribution in [-0.4, -0.2) is 11.0 Å². The van der Waals surface area contributed by atoms with Crippen LogP contribution in [-0.2, 0) is 0 Å². The number of anilines is 1. The fourth-order valence-electron chi connectivity index (χ4n) is 3.35. The smallest absolute Gasteiger partial charge is 0.134 e. The molecule has 1 heterocycles. The average Bonchev–Trinajstić information content (AvgIpc) is 2.49. The number of pyridine rings is 1. The molecule has 1 aliphatic rings. The number of nitrogens with one attached hydrogen (secondary N) is 1. The van der Waals surface area contributed by atoms with Crippen molar-refractivity contribution in [2.45, 2.75) is 45.1 Å². The van der Waals surface area contributed by atoms with Gasteiger partial charge in [-0.2, -0.15) is 0 Å². The van der Waals surface area contributed by atoms with E-state index in [9.17, 15) is 0 Å². The van der Waals surface area contributed by atoms with E-state index < -0.39 is 0 Å². The highest BCUT2D eigenvalue weighted by molar-refractivity contribution is 9.10. The van der Waals surface area contributed by atoms with Crippen molar-refractivity contribution in [3.8, 4) is 0 Å². The second-order valence-corrected chi connectivity index (χ2v) is 6.55. The minimum absolute atomic E-state index is 0.575. The molecule has 2 aromatic rings. The van der Waals surface area contributed by atoms with Crippen molar-refractivity contribution in [3.05, 3.63) is 34.9 Å². The van der Waals surface area contributed by atoms with Gasteiger partial charge in [0.1, 0.15) is 5.82 Å². The van der Waals surface area contributed by atoms with Gasteiger partial charge in [-0.25, -0.2) is 4.98 Å². The van der Waals surface area contributed by atoms with Crippen molar-refractivity contribution in [2.75, 3.05) is 5.32 Å². The molecule has 1 saturated carbocycles. The minimum Gasteiger partial charge on any atom is -0.367 e. The Bertz CT molecular complexity index is 597. The third-order valence-electron chi connectivity index (χ3n) is 4.51. The maximum Gasteiger partial charge on any atom is 0.134 e. The predicted octanol–water partition coefficient (Wildman–Crippen LogP) is 5.38. The van der Waals surface area contributed by atoms with Crippen LogP contribution < -0.4 is 5.32 Å². The van der Waals surface area contributed by atoms with Gasteiger partial charge in [0.05, 0.1) is 0 Å². The van der Waals surface area contributed by atoms with Crippen molar-refractivity contribution in [3.63, 3.8) is 0 Å². The van der Waals surface area contributed by atoms with Crippen LogP contribution >= 0.6 is 15.9 Å².